The van der Waals surface area contributed by atoms with Crippen molar-refractivity contribution in [3.63, 3.8) is 0 Å². The van der Waals surface area contributed by atoms with Crippen LogP contribution in [0.25, 0.3) is 5.65 Å². The second-order valence-corrected chi connectivity index (χ2v) is 5.23. The van der Waals surface area contributed by atoms with E-state index in [9.17, 15) is 0 Å². The van der Waals surface area contributed by atoms with Crippen LogP contribution in [0.2, 0.25) is 0 Å². The molecule has 2 nitrogen and oxygen atoms in total. The molecule has 3 heteroatoms. The first-order valence-corrected chi connectivity index (χ1v) is 6.93. The van der Waals surface area contributed by atoms with Gasteiger partial charge in [0.2, 0.25) is 0 Å². The van der Waals surface area contributed by atoms with Gasteiger partial charge in [-0.3, -0.25) is 4.40 Å². The molecular weight excluding hydrogens is 240 g/mol. The molecule has 1 aromatic carbocycles. The molecule has 0 aliphatic rings. The summed E-state index contributed by atoms with van der Waals surface area (Å²) in [6.45, 7) is 2.11. The quantitative estimate of drug-likeness (QED) is 0.659. The standard InChI is InChI=1S/C15H14N2S/c1-12-6-5-9-14-16-10-15(17(12)14)18-11-13-7-3-2-4-8-13/h2-10H,11H2,1H3. The fraction of sp³-hybridized carbons (Fsp3) is 0.133. The maximum absolute atomic E-state index is 4.43. The van der Waals surface area contributed by atoms with E-state index < -0.39 is 0 Å². The molecule has 0 spiro atoms. The van der Waals surface area contributed by atoms with Crippen LogP contribution in [0.15, 0.2) is 59.8 Å². The largest absolute Gasteiger partial charge is 0.292 e. The van der Waals surface area contributed by atoms with Crippen molar-refractivity contribution in [2.45, 2.75) is 17.7 Å². The minimum atomic E-state index is 0.975. The van der Waals surface area contributed by atoms with Crippen LogP contribution in [-0.4, -0.2) is 9.38 Å². The van der Waals surface area contributed by atoms with Crippen molar-refractivity contribution in [1.82, 2.24) is 9.38 Å². The van der Waals surface area contributed by atoms with Gasteiger partial charge >= 0.3 is 0 Å². The Morgan fingerprint density at radius 3 is 2.72 bits per heavy atom. The van der Waals surface area contributed by atoms with Gasteiger partial charge in [0.05, 0.1) is 11.2 Å². The third-order valence-electron chi connectivity index (χ3n) is 2.92. The summed E-state index contributed by atoms with van der Waals surface area (Å²) in [6.07, 6.45) is 1.95. The molecular formula is C15H14N2S. The number of imidazole rings is 1. The fourth-order valence-electron chi connectivity index (χ4n) is 2.00. The Morgan fingerprint density at radius 1 is 1.06 bits per heavy atom. The first-order chi connectivity index (χ1) is 8.84. The maximum atomic E-state index is 4.43. The van der Waals surface area contributed by atoms with E-state index in [1.165, 1.54) is 16.3 Å². The number of hydrogen-bond donors (Lipinski definition) is 0. The molecule has 0 fully saturated rings. The SMILES string of the molecule is Cc1cccc2ncc(SCc3ccccc3)n12. The highest BCUT2D eigenvalue weighted by molar-refractivity contribution is 7.98. The van der Waals surface area contributed by atoms with Gasteiger partial charge in [-0.2, -0.15) is 0 Å². The number of benzene rings is 1. The minimum Gasteiger partial charge on any atom is -0.292 e. The molecule has 0 saturated heterocycles. The second kappa shape index (κ2) is 4.86. The number of aryl methyl sites for hydroxylation is 1. The van der Waals surface area contributed by atoms with Gasteiger partial charge in [0, 0.05) is 11.4 Å². The number of fused-ring (bicyclic) bond motifs is 1. The Morgan fingerprint density at radius 2 is 1.89 bits per heavy atom. The van der Waals surface area contributed by atoms with Gasteiger partial charge in [-0.15, -0.1) is 11.8 Å². The van der Waals surface area contributed by atoms with Crippen LogP contribution in [0, 0.1) is 6.92 Å². The Balaban J connectivity index is 1.87. The van der Waals surface area contributed by atoms with Crippen LogP contribution >= 0.6 is 11.8 Å². The average molecular weight is 254 g/mol. The summed E-state index contributed by atoms with van der Waals surface area (Å²) in [6, 6.07) is 16.7. The molecule has 2 aromatic heterocycles. The number of pyridine rings is 1. The monoisotopic (exact) mass is 254 g/mol. The third-order valence-corrected chi connectivity index (χ3v) is 3.98. The van der Waals surface area contributed by atoms with Crippen LogP contribution in [0.3, 0.4) is 0 Å². The van der Waals surface area contributed by atoms with E-state index in [-0.39, 0.29) is 0 Å². The normalized spacial score (nSPS) is 10.9. The summed E-state index contributed by atoms with van der Waals surface area (Å²) in [7, 11) is 0. The van der Waals surface area contributed by atoms with E-state index in [0.29, 0.717) is 0 Å². The molecule has 3 rings (SSSR count). The van der Waals surface area contributed by atoms with E-state index in [1.54, 1.807) is 0 Å². The number of aromatic nitrogens is 2. The number of thioether (sulfide) groups is 1. The summed E-state index contributed by atoms with van der Waals surface area (Å²) >= 11 is 1.82. The van der Waals surface area contributed by atoms with Gasteiger partial charge in [-0.25, -0.2) is 4.98 Å². The lowest BCUT2D eigenvalue weighted by molar-refractivity contribution is 0.986. The van der Waals surface area contributed by atoms with Crippen LogP contribution in [0.1, 0.15) is 11.3 Å². The smallest absolute Gasteiger partial charge is 0.137 e. The molecule has 0 atom stereocenters. The van der Waals surface area contributed by atoms with Crippen molar-refractivity contribution in [1.29, 1.82) is 0 Å². The lowest BCUT2D eigenvalue weighted by atomic mass is 10.2. The van der Waals surface area contributed by atoms with E-state index in [2.05, 4.69) is 46.6 Å². The molecule has 0 amide bonds. The lowest BCUT2D eigenvalue weighted by Gasteiger charge is -2.05. The van der Waals surface area contributed by atoms with Crippen LogP contribution in [0.5, 0.6) is 0 Å². The number of hydrogen-bond acceptors (Lipinski definition) is 2. The van der Waals surface area contributed by atoms with E-state index in [0.717, 1.165) is 11.4 Å². The van der Waals surface area contributed by atoms with Crippen LogP contribution in [0.4, 0.5) is 0 Å². The third kappa shape index (κ3) is 2.14. The molecule has 90 valence electrons. The molecule has 0 aliphatic carbocycles. The molecule has 18 heavy (non-hydrogen) atoms. The van der Waals surface area contributed by atoms with Gasteiger partial charge in [0.1, 0.15) is 5.65 Å². The summed E-state index contributed by atoms with van der Waals surface area (Å²) in [5, 5.41) is 1.20. The zero-order chi connectivity index (χ0) is 12.4. The summed E-state index contributed by atoms with van der Waals surface area (Å²) in [4.78, 5) is 4.43. The molecule has 0 bridgehead atoms. The van der Waals surface area contributed by atoms with Crippen molar-refractivity contribution in [3.05, 3.63) is 66.0 Å². The number of nitrogens with zero attached hydrogens (tertiary/aromatic N) is 2. The predicted molar refractivity (Wildman–Crippen MR) is 75.9 cm³/mol. The predicted octanol–water partition coefficient (Wildman–Crippen LogP) is 3.94. The molecule has 0 N–H and O–H groups in total. The van der Waals surface area contributed by atoms with Gasteiger partial charge < -0.3 is 0 Å². The zero-order valence-electron chi connectivity index (χ0n) is 10.2. The zero-order valence-corrected chi connectivity index (χ0v) is 11.0. The van der Waals surface area contributed by atoms with Crippen molar-refractivity contribution in [2.75, 3.05) is 0 Å². The molecule has 0 radical (unpaired) electrons. The molecule has 0 saturated carbocycles. The highest BCUT2D eigenvalue weighted by Gasteiger charge is 2.05. The second-order valence-electron chi connectivity index (χ2n) is 4.23. The lowest BCUT2D eigenvalue weighted by Crippen LogP contribution is -1.92. The highest BCUT2D eigenvalue weighted by Crippen LogP contribution is 2.24. The average Bonchev–Trinajstić information content (AvgIpc) is 2.82. The Labute approximate surface area is 111 Å². The van der Waals surface area contributed by atoms with Crippen molar-refractivity contribution in [2.24, 2.45) is 0 Å². The van der Waals surface area contributed by atoms with E-state index >= 15 is 0 Å². The minimum absolute atomic E-state index is 0.975. The Bertz CT molecular complexity index is 659. The molecule has 0 aliphatic heterocycles. The van der Waals surface area contributed by atoms with Crippen molar-refractivity contribution >= 4 is 17.4 Å². The Hall–Kier alpha value is -1.74. The van der Waals surface area contributed by atoms with Gasteiger partial charge in [0.15, 0.2) is 0 Å². The summed E-state index contributed by atoms with van der Waals surface area (Å²) in [5.74, 6) is 0.975. The van der Waals surface area contributed by atoms with Gasteiger partial charge in [-0.1, -0.05) is 36.4 Å². The fourth-order valence-corrected chi connectivity index (χ4v) is 3.00. The Kier molecular flexibility index (Phi) is 3.07. The first-order valence-electron chi connectivity index (χ1n) is 5.94. The summed E-state index contributed by atoms with van der Waals surface area (Å²) in [5.41, 5.74) is 3.58. The molecule has 2 heterocycles. The first kappa shape index (κ1) is 11.4. The van der Waals surface area contributed by atoms with Crippen molar-refractivity contribution < 1.29 is 0 Å². The van der Waals surface area contributed by atoms with Crippen LogP contribution in [-0.2, 0) is 5.75 Å². The van der Waals surface area contributed by atoms with Crippen molar-refractivity contribution in [3.8, 4) is 0 Å². The molecule has 3 aromatic rings. The van der Waals surface area contributed by atoms with E-state index in [1.807, 2.05) is 36.2 Å². The van der Waals surface area contributed by atoms with Gasteiger partial charge in [-0.05, 0) is 24.6 Å². The van der Waals surface area contributed by atoms with Crippen LogP contribution < -0.4 is 0 Å². The van der Waals surface area contributed by atoms with E-state index in [4.69, 9.17) is 0 Å². The topological polar surface area (TPSA) is 17.3 Å². The maximum Gasteiger partial charge on any atom is 0.137 e. The number of rotatable bonds is 3. The summed E-state index contributed by atoms with van der Waals surface area (Å²) < 4.78 is 2.20. The van der Waals surface area contributed by atoms with Gasteiger partial charge in [0.25, 0.3) is 0 Å². The highest BCUT2D eigenvalue weighted by atomic mass is 32.2. The molecule has 0 unspecified atom stereocenters.